The Balaban J connectivity index is 2.48. The number of rotatable bonds is 4. The molecule has 96 valence electrons. The number of benzene rings is 1. The maximum Gasteiger partial charge on any atom is 0.128 e. The number of furan rings is 1. The molecular weight excluding hydrogens is 222 g/mol. The lowest BCUT2D eigenvalue weighted by Gasteiger charge is -2.20. The Morgan fingerprint density at radius 2 is 1.89 bits per heavy atom. The Kier molecular flexibility index (Phi) is 3.87. The van der Waals surface area contributed by atoms with Crippen LogP contribution in [0.15, 0.2) is 34.9 Å². The summed E-state index contributed by atoms with van der Waals surface area (Å²) in [6.07, 6.45) is 1.76. The molecule has 0 amide bonds. The molecule has 0 saturated carbocycles. The molecule has 0 spiro atoms. The zero-order chi connectivity index (χ0) is 13.1. The van der Waals surface area contributed by atoms with Crippen molar-refractivity contribution < 1.29 is 4.42 Å². The molecule has 2 aromatic rings. The predicted molar refractivity (Wildman–Crippen MR) is 74.9 cm³/mol. The SMILES string of the molecule is CCNC(c1cccc(C)c1C)c1occc1C. The zero-order valence-corrected chi connectivity index (χ0v) is 11.6. The molecule has 1 aromatic heterocycles. The lowest BCUT2D eigenvalue weighted by molar-refractivity contribution is 0.448. The van der Waals surface area contributed by atoms with Crippen LogP contribution in [-0.2, 0) is 0 Å². The Labute approximate surface area is 109 Å². The molecule has 1 aromatic carbocycles. The third kappa shape index (κ3) is 2.34. The van der Waals surface area contributed by atoms with Crippen LogP contribution in [0.25, 0.3) is 0 Å². The van der Waals surface area contributed by atoms with Crippen molar-refractivity contribution in [1.29, 1.82) is 0 Å². The maximum atomic E-state index is 5.67. The van der Waals surface area contributed by atoms with Gasteiger partial charge in [-0.05, 0) is 55.6 Å². The fourth-order valence-electron chi connectivity index (χ4n) is 2.31. The topological polar surface area (TPSA) is 25.2 Å². The van der Waals surface area contributed by atoms with Gasteiger partial charge in [-0.15, -0.1) is 0 Å². The van der Waals surface area contributed by atoms with Crippen molar-refractivity contribution in [2.45, 2.75) is 33.7 Å². The van der Waals surface area contributed by atoms with Gasteiger partial charge in [-0.2, -0.15) is 0 Å². The minimum absolute atomic E-state index is 0.143. The molecule has 1 heterocycles. The van der Waals surface area contributed by atoms with Gasteiger partial charge in [0, 0.05) is 0 Å². The second-order valence-electron chi connectivity index (χ2n) is 4.75. The van der Waals surface area contributed by atoms with E-state index in [0.29, 0.717) is 0 Å². The Hall–Kier alpha value is -1.54. The van der Waals surface area contributed by atoms with E-state index in [2.05, 4.69) is 51.2 Å². The van der Waals surface area contributed by atoms with Gasteiger partial charge in [-0.25, -0.2) is 0 Å². The highest BCUT2D eigenvalue weighted by molar-refractivity contribution is 5.40. The van der Waals surface area contributed by atoms with Gasteiger partial charge in [0.2, 0.25) is 0 Å². The van der Waals surface area contributed by atoms with Crippen molar-refractivity contribution in [3.05, 3.63) is 58.5 Å². The Morgan fingerprint density at radius 1 is 1.11 bits per heavy atom. The summed E-state index contributed by atoms with van der Waals surface area (Å²) in [5.74, 6) is 1.02. The highest BCUT2D eigenvalue weighted by Gasteiger charge is 2.20. The van der Waals surface area contributed by atoms with Gasteiger partial charge < -0.3 is 9.73 Å². The predicted octanol–water partition coefficient (Wildman–Crippen LogP) is 3.90. The van der Waals surface area contributed by atoms with Crippen LogP contribution in [-0.4, -0.2) is 6.54 Å². The van der Waals surface area contributed by atoms with Gasteiger partial charge in [-0.3, -0.25) is 0 Å². The smallest absolute Gasteiger partial charge is 0.128 e. The molecule has 0 aliphatic rings. The summed E-state index contributed by atoms with van der Waals surface area (Å²) in [7, 11) is 0. The van der Waals surface area contributed by atoms with E-state index in [9.17, 15) is 0 Å². The van der Waals surface area contributed by atoms with Gasteiger partial charge in [0.05, 0.1) is 12.3 Å². The van der Waals surface area contributed by atoms with Crippen LogP contribution in [0.5, 0.6) is 0 Å². The summed E-state index contributed by atoms with van der Waals surface area (Å²) >= 11 is 0. The molecular formula is C16H21NO. The van der Waals surface area contributed by atoms with Gasteiger partial charge >= 0.3 is 0 Å². The second-order valence-corrected chi connectivity index (χ2v) is 4.75. The maximum absolute atomic E-state index is 5.67. The summed E-state index contributed by atoms with van der Waals surface area (Å²) in [5.41, 5.74) is 5.15. The normalized spacial score (nSPS) is 12.7. The Morgan fingerprint density at radius 3 is 2.50 bits per heavy atom. The van der Waals surface area contributed by atoms with Gasteiger partial charge in [0.1, 0.15) is 5.76 Å². The summed E-state index contributed by atoms with van der Waals surface area (Å²) in [5, 5.41) is 3.52. The number of hydrogen-bond donors (Lipinski definition) is 1. The van der Waals surface area contributed by atoms with Gasteiger partial charge in [-0.1, -0.05) is 25.1 Å². The highest BCUT2D eigenvalue weighted by Crippen LogP contribution is 2.29. The molecule has 0 bridgehead atoms. The van der Waals surface area contributed by atoms with E-state index in [4.69, 9.17) is 4.42 Å². The molecule has 2 rings (SSSR count). The van der Waals surface area contributed by atoms with E-state index >= 15 is 0 Å². The molecule has 2 heteroatoms. The summed E-state index contributed by atoms with van der Waals surface area (Å²) < 4.78 is 5.67. The summed E-state index contributed by atoms with van der Waals surface area (Å²) in [4.78, 5) is 0. The van der Waals surface area contributed by atoms with E-state index in [1.54, 1.807) is 6.26 Å². The number of nitrogens with one attached hydrogen (secondary N) is 1. The molecule has 1 N–H and O–H groups in total. The minimum Gasteiger partial charge on any atom is -0.467 e. The van der Waals surface area contributed by atoms with Crippen LogP contribution in [0.4, 0.5) is 0 Å². The van der Waals surface area contributed by atoms with Crippen molar-refractivity contribution in [2.24, 2.45) is 0 Å². The lowest BCUT2D eigenvalue weighted by atomic mass is 9.95. The molecule has 0 saturated heterocycles. The fraction of sp³-hybridized carbons (Fsp3) is 0.375. The van der Waals surface area contributed by atoms with Crippen molar-refractivity contribution in [2.75, 3.05) is 6.54 Å². The third-order valence-corrected chi connectivity index (χ3v) is 3.53. The van der Waals surface area contributed by atoms with Crippen LogP contribution < -0.4 is 5.32 Å². The monoisotopic (exact) mass is 243 g/mol. The molecule has 0 aliphatic carbocycles. The number of hydrogen-bond acceptors (Lipinski definition) is 2. The van der Waals surface area contributed by atoms with Gasteiger partial charge in [0.25, 0.3) is 0 Å². The molecule has 2 nitrogen and oxygen atoms in total. The minimum atomic E-state index is 0.143. The molecule has 18 heavy (non-hydrogen) atoms. The first-order valence-electron chi connectivity index (χ1n) is 6.48. The first-order chi connectivity index (χ1) is 8.65. The summed E-state index contributed by atoms with van der Waals surface area (Å²) in [6, 6.07) is 8.60. The first kappa shape index (κ1) is 12.9. The molecule has 0 fully saturated rings. The second kappa shape index (κ2) is 5.40. The number of aryl methyl sites for hydroxylation is 2. The van der Waals surface area contributed by atoms with E-state index < -0.39 is 0 Å². The van der Waals surface area contributed by atoms with Crippen LogP contribution in [0.2, 0.25) is 0 Å². The highest BCUT2D eigenvalue weighted by atomic mass is 16.3. The van der Waals surface area contributed by atoms with E-state index in [-0.39, 0.29) is 6.04 Å². The zero-order valence-electron chi connectivity index (χ0n) is 11.6. The fourth-order valence-corrected chi connectivity index (χ4v) is 2.31. The lowest BCUT2D eigenvalue weighted by Crippen LogP contribution is -2.23. The third-order valence-electron chi connectivity index (χ3n) is 3.53. The Bertz CT molecular complexity index is 528. The van der Waals surface area contributed by atoms with Crippen LogP contribution >= 0.6 is 0 Å². The molecule has 1 unspecified atom stereocenters. The molecule has 0 aliphatic heterocycles. The quantitative estimate of drug-likeness (QED) is 0.881. The van der Waals surface area contributed by atoms with E-state index in [1.165, 1.54) is 22.3 Å². The standard InChI is InChI=1S/C16H21NO/c1-5-17-15(16-12(3)9-10-18-16)14-8-6-7-11(2)13(14)4/h6-10,15,17H,5H2,1-4H3. The van der Waals surface area contributed by atoms with Gasteiger partial charge in [0.15, 0.2) is 0 Å². The average molecular weight is 243 g/mol. The van der Waals surface area contributed by atoms with Crippen molar-refractivity contribution >= 4 is 0 Å². The van der Waals surface area contributed by atoms with Crippen molar-refractivity contribution in [3.8, 4) is 0 Å². The van der Waals surface area contributed by atoms with E-state index in [0.717, 1.165) is 12.3 Å². The molecule has 1 atom stereocenters. The van der Waals surface area contributed by atoms with Crippen LogP contribution in [0.1, 0.15) is 41.0 Å². The summed E-state index contributed by atoms with van der Waals surface area (Å²) in [6.45, 7) is 9.45. The molecule has 0 radical (unpaired) electrons. The van der Waals surface area contributed by atoms with E-state index in [1.807, 2.05) is 6.07 Å². The van der Waals surface area contributed by atoms with Crippen LogP contribution in [0, 0.1) is 20.8 Å². The largest absolute Gasteiger partial charge is 0.467 e. The average Bonchev–Trinajstić information content (AvgIpc) is 2.76. The van der Waals surface area contributed by atoms with Crippen LogP contribution in [0.3, 0.4) is 0 Å². The van der Waals surface area contributed by atoms with Crippen molar-refractivity contribution in [3.63, 3.8) is 0 Å². The first-order valence-corrected chi connectivity index (χ1v) is 6.48. The van der Waals surface area contributed by atoms with Crippen molar-refractivity contribution in [1.82, 2.24) is 5.32 Å².